The first-order valence-corrected chi connectivity index (χ1v) is 6.92. The Bertz CT molecular complexity index is 380. The van der Waals surface area contributed by atoms with Crippen LogP contribution in [0.2, 0.25) is 0 Å². The number of rotatable bonds is 8. The van der Waals surface area contributed by atoms with Gasteiger partial charge in [-0.3, -0.25) is 4.90 Å². The van der Waals surface area contributed by atoms with E-state index in [4.69, 9.17) is 5.73 Å². The highest BCUT2D eigenvalue weighted by atomic mass is 79.9. The maximum Gasteiger partial charge on any atom is 0.0307 e. The molecule has 0 bridgehead atoms. The van der Waals surface area contributed by atoms with E-state index >= 15 is 0 Å². The van der Waals surface area contributed by atoms with Gasteiger partial charge in [0.1, 0.15) is 0 Å². The molecule has 0 aliphatic rings. The molecule has 0 saturated carbocycles. The Morgan fingerprint density at radius 2 is 1.94 bits per heavy atom. The van der Waals surface area contributed by atoms with Gasteiger partial charge in [-0.1, -0.05) is 40.2 Å². The zero-order valence-electron chi connectivity index (χ0n) is 10.7. The second-order valence-corrected chi connectivity index (χ2v) is 5.20. The SMILES string of the molecule is C=CCN(CC=C)CCC(N)c1cccc(Br)c1. The molecule has 1 unspecified atom stereocenters. The van der Waals surface area contributed by atoms with Gasteiger partial charge in [-0.15, -0.1) is 13.2 Å². The Labute approximate surface area is 118 Å². The van der Waals surface area contributed by atoms with E-state index in [9.17, 15) is 0 Å². The fourth-order valence-electron chi connectivity index (χ4n) is 1.85. The van der Waals surface area contributed by atoms with Gasteiger partial charge in [0.25, 0.3) is 0 Å². The van der Waals surface area contributed by atoms with Crippen molar-refractivity contribution in [1.29, 1.82) is 0 Å². The van der Waals surface area contributed by atoms with Crippen LogP contribution in [-0.2, 0) is 0 Å². The zero-order chi connectivity index (χ0) is 13.4. The summed E-state index contributed by atoms with van der Waals surface area (Å²) in [7, 11) is 0. The summed E-state index contributed by atoms with van der Waals surface area (Å²) < 4.78 is 1.07. The molecule has 1 atom stereocenters. The first-order chi connectivity index (χ1) is 8.67. The average Bonchev–Trinajstić information content (AvgIpc) is 2.36. The number of nitrogens with zero attached hydrogens (tertiary/aromatic N) is 1. The Balaban J connectivity index is 2.50. The van der Waals surface area contributed by atoms with Crippen molar-refractivity contribution < 1.29 is 0 Å². The van der Waals surface area contributed by atoms with Crippen molar-refractivity contribution in [1.82, 2.24) is 4.90 Å². The predicted molar refractivity (Wildman–Crippen MR) is 82.5 cm³/mol. The topological polar surface area (TPSA) is 29.3 Å². The molecule has 0 fully saturated rings. The third kappa shape index (κ3) is 5.17. The molecule has 0 saturated heterocycles. The summed E-state index contributed by atoms with van der Waals surface area (Å²) in [6, 6.07) is 8.25. The number of nitrogens with two attached hydrogens (primary N) is 1. The molecular weight excluding hydrogens is 288 g/mol. The molecule has 0 aromatic heterocycles. The fraction of sp³-hybridized carbons (Fsp3) is 0.333. The Morgan fingerprint density at radius 3 is 2.50 bits per heavy atom. The third-order valence-corrected chi connectivity index (χ3v) is 3.30. The van der Waals surface area contributed by atoms with Crippen LogP contribution in [0.3, 0.4) is 0 Å². The number of hydrogen-bond donors (Lipinski definition) is 1. The summed E-state index contributed by atoms with van der Waals surface area (Å²) in [5.74, 6) is 0. The normalized spacial score (nSPS) is 12.4. The maximum atomic E-state index is 6.21. The molecular formula is C15H21BrN2. The molecule has 2 N–H and O–H groups in total. The van der Waals surface area contributed by atoms with E-state index in [1.165, 1.54) is 5.56 Å². The second-order valence-electron chi connectivity index (χ2n) is 4.29. The van der Waals surface area contributed by atoms with Gasteiger partial charge >= 0.3 is 0 Å². The highest BCUT2D eigenvalue weighted by Gasteiger charge is 2.08. The highest BCUT2D eigenvalue weighted by Crippen LogP contribution is 2.19. The van der Waals surface area contributed by atoms with E-state index < -0.39 is 0 Å². The maximum absolute atomic E-state index is 6.21. The van der Waals surface area contributed by atoms with E-state index in [0.29, 0.717) is 0 Å². The minimum atomic E-state index is 0.0691. The van der Waals surface area contributed by atoms with E-state index in [1.54, 1.807) is 0 Å². The van der Waals surface area contributed by atoms with Gasteiger partial charge in [0.2, 0.25) is 0 Å². The number of halogens is 1. The lowest BCUT2D eigenvalue weighted by Gasteiger charge is -2.21. The van der Waals surface area contributed by atoms with Crippen LogP contribution in [-0.4, -0.2) is 24.5 Å². The lowest BCUT2D eigenvalue weighted by Crippen LogP contribution is -2.27. The summed E-state index contributed by atoms with van der Waals surface area (Å²) in [5, 5.41) is 0. The largest absolute Gasteiger partial charge is 0.324 e. The van der Waals surface area contributed by atoms with Gasteiger partial charge in [0.15, 0.2) is 0 Å². The van der Waals surface area contributed by atoms with E-state index in [-0.39, 0.29) is 6.04 Å². The van der Waals surface area contributed by atoms with Crippen molar-refractivity contribution in [2.75, 3.05) is 19.6 Å². The van der Waals surface area contributed by atoms with Gasteiger partial charge in [0, 0.05) is 30.1 Å². The Hall–Kier alpha value is -0.900. The third-order valence-electron chi connectivity index (χ3n) is 2.81. The quantitative estimate of drug-likeness (QED) is 0.745. The Morgan fingerprint density at radius 1 is 1.28 bits per heavy atom. The van der Waals surface area contributed by atoms with Crippen LogP contribution in [0.4, 0.5) is 0 Å². The average molecular weight is 309 g/mol. The Kier molecular flexibility index (Phi) is 6.94. The molecule has 18 heavy (non-hydrogen) atoms. The lowest BCUT2D eigenvalue weighted by atomic mass is 10.0. The smallest absolute Gasteiger partial charge is 0.0307 e. The van der Waals surface area contributed by atoms with Crippen LogP contribution in [0.25, 0.3) is 0 Å². The van der Waals surface area contributed by atoms with Crippen molar-refractivity contribution in [3.05, 3.63) is 59.6 Å². The van der Waals surface area contributed by atoms with Crippen molar-refractivity contribution in [3.8, 4) is 0 Å². The molecule has 98 valence electrons. The standard InChI is InChI=1S/C15H21BrN2/c1-3-9-18(10-4-2)11-8-15(17)13-6-5-7-14(16)12-13/h3-7,12,15H,1-2,8-11,17H2. The molecule has 1 aromatic rings. The molecule has 1 rings (SSSR count). The summed E-state index contributed by atoms with van der Waals surface area (Å²) >= 11 is 3.47. The summed E-state index contributed by atoms with van der Waals surface area (Å²) in [6.07, 6.45) is 4.75. The van der Waals surface area contributed by atoms with E-state index in [2.05, 4.69) is 46.1 Å². The van der Waals surface area contributed by atoms with Gasteiger partial charge in [-0.2, -0.15) is 0 Å². The molecule has 0 aliphatic heterocycles. The predicted octanol–water partition coefficient (Wildman–Crippen LogP) is 3.51. The molecule has 1 aromatic carbocycles. The molecule has 0 heterocycles. The van der Waals surface area contributed by atoms with Crippen LogP contribution >= 0.6 is 15.9 Å². The molecule has 3 heteroatoms. The minimum absolute atomic E-state index is 0.0691. The number of hydrogen-bond acceptors (Lipinski definition) is 2. The van der Waals surface area contributed by atoms with Gasteiger partial charge in [-0.25, -0.2) is 0 Å². The van der Waals surface area contributed by atoms with E-state index in [0.717, 1.165) is 30.5 Å². The summed E-state index contributed by atoms with van der Waals surface area (Å²) in [5.41, 5.74) is 7.37. The van der Waals surface area contributed by atoms with Crippen molar-refractivity contribution in [3.63, 3.8) is 0 Å². The van der Waals surface area contributed by atoms with Gasteiger partial charge in [-0.05, 0) is 24.1 Å². The lowest BCUT2D eigenvalue weighted by molar-refractivity contribution is 0.319. The molecule has 2 nitrogen and oxygen atoms in total. The van der Waals surface area contributed by atoms with Crippen LogP contribution in [0.15, 0.2) is 54.0 Å². The van der Waals surface area contributed by atoms with Gasteiger partial charge in [0.05, 0.1) is 0 Å². The van der Waals surface area contributed by atoms with Gasteiger partial charge < -0.3 is 5.73 Å². The number of benzene rings is 1. The molecule has 0 radical (unpaired) electrons. The molecule has 0 amide bonds. The van der Waals surface area contributed by atoms with Crippen molar-refractivity contribution >= 4 is 15.9 Å². The fourth-order valence-corrected chi connectivity index (χ4v) is 2.26. The van der Waals surface area contributed by atoms with Crippen LogP contribution in [0, 0.1) is 0 Å². The van der Waals surface area contributed by atoms with E-state index in [1.807, 2.05) is 24.3 Å². The molecule has 0 aliphatic carbocycles. The van der Waals surface area contributed by atoms with Crippen molar-refractivity contribution in [2.45, 2.75) is 12.5 Å². The van der Waals surface area contributed by atoms with Crippen LogP contribution in [0.1, 0.15) is 18.0 Å². The highest BCUT2D eigenvalue weighted by molar-refractivity contribution is 9.10. The second kappa shape index (κ2) is 8.25. The summed E-state index contributed by atoms with van der Waals surface area (Å²) in [6.45, 7) is 10.2. The first-order valence-electron chi connectivity index (χ1n) is 6.12. The van der Waals surface area contributed by atoms with Crippen LogP contribution < -0.4 is 5.73 Å². The first kappa shape index (κ1) is 15.2. The zero-order valence-corrected chi connectivity index (χ0v) is 12.3. The summed E-state index contributed by atoms with van der Waals surface area (Å²) in [4.78, 5) is 2.28. The van der Waals surface area contributed by atoms with Crippen LogP contribution in [0.5, 0.6) is 0 Å². The monoisotopic (exact) mass is 308 g/mol. The molecule has 0 spiro atoms. The van der Waals surface area contributed by atoms with Crippen molar-refractivity contribution in [2.24, 2.45) is 5.73 Å². The minimum Gasteiger partial charge on any atom is -0.324 e.